The van der Waals surface area contributed by atoms with Gasteiger partial charge in [-0.15, -0.1) is 0 Å². The number of carbonyl (C=O) groups is 2. The number of methoxy groups -OCH3 is 1. The van der Waals surface area contributed by atoms with Gasteiger partial charge in [-0.05, 0) is 110 Å². The fourth-order valence-corrected chi connectivity index (χ4v) is 10.6. The molecule has 35 heavy (non-hydrogen) atoms. The lowest BCUT2D eigenvalue weighted by Crippen LogP contribution is -2.66. The highest BCUT2D eigenvalue weighted by Crippen LogP contribution is 2.75. The van der Waals surface area contributed by atoms with E-state index in [2.05, 4.69) is 54.5 Å². The lowest BCUT2D eigenvalue weighted by atomic mass is 9.33. The van der Waals surface area contributed by atoms with Crippen LogP contribution in [-0.2, 0) is 14.3 Å². The second kappa shape index (κ2) is 7.45. The molecule has 4 nitrogen and oxygen atoms in total. The van der Waals surface area contributed by atoms with Crippen molar-refractivity contribution in [2.75, 3.05) is 7.11 Å². The number of hydrogen-bond acceptors (Lipinski definition) is 4. The van der Waals surface area contributed by atoms with E-state index in [-0.39, 0.29) is 51.0 Å². The van der Waals surface area contributed by atoms with E-state index >= 15 is 0 Å². The van der Waals surface area contributed by atoms with Gasteiger partial charge in [0.15, 0.2) is 5.78 Å². The molecule has 0 bridgehead atoms. The lowest BCUT2D eigenvalue weighted by molar-refractivity contribution is -0.202. The number of aliphatic hydroxyl groups excluding tert-OH is 1. The van der Waals surface area contributed by atoms with Crippen LogP contribution in [0.4, 0.5) is 0 Å². The fraction of sp³-hybridized carbons (Fsp3) is 0.871. The highest BCUT2D eigenvalue weighted by Gasteiger charge is 2.70. The molecular formula is C31H48O4. The molecule has 0 aromatic rings. The normalized spacial score (nSPS) is 52.8. The van der Waals surface area contributed by atoms with E-state index in [1.165, 1.54) is 12.7 Å². The molecule has 0 heterocycles. The molecule has 9 atom stereocenters. The average Bonchev–Trinajstić information content (AvgIpc) is 2.78. The summed E-state index contributed by atoms with van der Waals surface area (Å²) in [5.74, 6) is 0.805. The molecule has 0 aromatic carbocycles. The van der Waals surface area contributed by atoms with E-state index in [4.69, 9.17) is 4.74 Å². The van der Waals surface area contributed by atoms with E-state index < -0.39 is 5.41 Å². The SMILES string of the molecule is COC(=O)[C@@]1(C)CC[C@]2(C)CC[C@]3(C)C(=CC(=O)[C@@H]4[C@@]5(C)CC[C@H](O)C(C)(C)C5CC[C@]43C)[C@@H]2C1. The van der Waals surface area contributed by atoms with Crippen molar-refractivity contribution < 1.29 is 19.4 Å². The number of fused-ring (bicyclic) bond motifs is 7. The minimum Gasteiger partial charge on any atom is -0.469 e. The van der Waals surface area contributed by atoms with Gasteiger partial charge in [-0.2, -0.15) is 0 Å². The van der Waals surface area contributed by atoms with Crippen LogP contribution in [0.25, 0.3) is 0 Å². The second-order valence-corrected chi connectivity index (χ2v) is 15.1. The molecule has 5 aliphatic carbocycles. The van der Waals surface area contributed by atoms with Crippen molar-refractivity contribution in [1.29, 1.82) is 0 Å². The zero-order chi connectivity index (χ0) is 25.8. The van der Waals surface area contributed by atoms with E-state index in [1.807, 2.05) is 0 Å². The number of ether oxygens (including phenoxy) is 1. The summed E-state index contributed by atoms with van der Waals surface area (Å²) in [6, 6.07) is 0. The van der Waals surface area contributed by atoms with Gasteiger partial charge in [0, 0.05) is 5.92 Å². The predicted octanol–water partition coefficient (Wildman–Crippen LogP) is 6.50. The quantitative estimate of drug-likeness (QED) is 0.431. The maximum Gasteiger partial charge on any atom is 0.311 e. The Bertz CT molecular complexity index is 980. The summed E-state index contributed by atoms with van der Waals surface area (Å²) in [7, 11) is 1.50. The van der Waals surface area contributed by atoms with Crippen LogP contribution in [0, 0.1) is 50.2 Å². The fourth-order valence-electron chi connectivity index (χ4n) is 10.6. The first-order chi connectivity index (χ1) is 16.1. The molecule has 1 N–H and O–H groups in total. The molecule has 4 fully saturated rings. The van der Waals surface area contributed by atoms with Crippen LogP contribution in [0.2, 0.25) is 0 Å². The number of aliphatic hydroxyl groups is 1. The third-order valence-electron chi connectivity index (χ3n) is 13.2. The minimum absolute atomic E-state index is 0.00536. The Kier molecular flexibility index (Phi) is 5.43. The van der Waals surface area contributed by atoms with Gasteiger partial charge in [-0.25, -0.2) is 0 Å². The Hall–Kier alpha value is -1.16. The first-order valence-electron chi connectivity index (χ1n) is 14.1. The number of ketones is 1. The molecule has 4 heteroatoms. The molecule has 0 amide bonds. The Labute approximate surface area is 212 Å². The van der Waals surface area contributed by atoms with Crippen LogP contribution in [-0.4, -0.2) is 30.1 Å². The Morgan fingerprint density at radius 2 is 1.60 bits per heavy atom. The molecule has 5 aliphatic rings. The van der Waals surface area contributed by atoms with Gasteiger partial charge in [0.25, 0.3) is 0 Å². The van der Waals surface area contributed by atoms with Gasteiger partial charge in [0.1, 0.15) is 0 Å². The van der Waals surface area contributed by atoms with Crippen molar-refractivity contribution >= 4 is 11.8 Å². The zero-order valence-corrected chi connectivity index (χ0v) is 23.4. The van der Waals surface area contributed by atoms with Crippen LogP contribution >= 0.6 is 0 Å². The van der Waals surface area contributed by atoms with E-state index in [1.54, 1.807) is 0 Å². The van der Waals surface area contributed by atoms with Gasteiger partial charge in [0.2, 0.25) is 0 Å². The van der Waals surface area contributed by atoms with Gasteiger partial charge in [0.05, 0.1) is 18.6 Å². The Balaban J connectivity index is 1.61. The number of esters is 1. The van der Waals surface area contributed by atoms with Crippen LogP contribution < -0.4 is 0 Å². The minimum atomic E-state index is -0.480. The number of carbonyl (C=O) groups excluding carboxylic acids is 2. The summed E-state index contributed by atoms with van der Waals surface area (Å²) >= 11 is 0. The van der Waals surface area contributed by atoms with Crippen molar-refractivity contribution in [2.24, 2.45) is 50.2 Å². The monoisotopic (exact) mass is 484 g/mol. The predicted molar refractivity (Wildman–Crippen MR) is 137 cm³/mol. The average molecular weight is 485 g/mol. The van der Waals surface area contributed by atoms with Crippen LogP contribution in [0.3, 0.4) is 0 Å². The summed E-state index contributed by atoms with van der Waals surface area (Å²) in [5.41, 5.74) is 0.590. The molecule has 0 aromatic heterocycles. The first kappa shape index (κ1) is 25.5. The number of hydrogen-bond donors (Lipinski definition) is 1. The van der Waals surface area contributed by atoms with Gasteiger partial charge in [-0.3, -0.25) is 9.59 Å². The lowest BCUT2D eigenvalue weighted by Gasteiger charge is -2.70. The van der Waals surface area contributed by atoms with E-state index in [0.717, 1.165) is 57.8 Å². The summed E-state index contributed by atoms with van der Waals surface area (Å²) < 4.78 is 5.25. The number of rotatable bonds is 1. The third-order valence-corrected chi connectivity index (χ3v) is 13.2. The second-order valence-electron chi connectivity index (χ2n) is 15.1. The molecule has 4 saturated carbocycles. The summed E-state index contributed by atoms with van der Waals surface area (Å²) in [5, 5.41) is 10.9. The molecule has 0 saturated heterocycles. The van der Waals surface area contributed by atoms with Gasteiger partial charge in [-0.1, -0.05) is 47.1 Å². The van der Waals surface area contributed by atoms with Crippen LogP contribution in [0.15, 0.2) is 11.6 Å². The van der Waals surface area contributed by atoms with Crippen molar-refractivity contribution in [3.8, 4) is 0 Å². The van der Waals surface area contributed by atoms with E-state index in [0.29, 0.717) is 11.7 Å². The van der Waals surface area contributed by atoms with Crippen molar-refractivity contribution in [3.63, 3.8) is 0 Å². The molecule has 0 aliphatic heterocycles. The molecule has 1 unspecified atom stereocenters. The highest BCUT2D eigenvalue weighted by atomic mass is 16.5. The van der Waals surface area contributed by atoms with Crippen molar-refractivity contribution in [3.05, 3.63) is 11.6 Å². The van der Waals surface area contributed by atoms with Crippen molar-refractivity contribution in [1.82, 2.24) is 0 Å². The highest BCUT2D eigenvalue weighted by molar-refractivity contribution is 5.95. The first-order valence-corrected chi connectivity index (χ1v) is 14.1. The topological polar surface area (TPSA) is 63.6 Å². The van der Waals surface area contributed by atoms with E-state index in [9.17, 15) is 14.7 Å². The Morgan fingerprint density at radius 3 is 2.26 bits per heavy atom. The summed E-state index contributed by atoms with van der Waals surface area (Å²) in [4.78, 5) is 27.1. The molecule has 196 valence electrons. The molecular weight excluding hydrogens is 436 g/mol. The maximum absolute atomic E-state index is 14.3. The molecule has 0 spiro atoms. The van der Waals surface area contributed by atoms with Crippen LogP contribution in [0.5, 0.6) is 0 Å². The third kappa shape index (κ3) is 3.07. The standard InChI is InChI=1S/C31H48O4/c1-26(2)22-9-12-31(7)24(29(22,5)11-10-23(26)33)21(32)17-19-20-18-28(4,25(34)35-8)14-13-27(20,3)15-16-30(19,31)6/h17,20,22-24,33H,9-16,18H2,1-8H3/t20-,22?,23-,24+,27+,28-,29-,30+,31+/m0/s1. The van der Waals surface area contributed by atoms with Gasteiger partial charge >= 0.3 is 5.97 Å². The number of allylic oxidation sites excluding steroid dienone is 2. The zero-order valence-electron chi connectivity index (χ0n) is 23.4. The van der Waals surface area contributed by atoms with Crippen molar-refractivity contribution in [2.45, 2.75) is 112 Å². The van der Waals surface area contributed by atoms with Crippen LogP contribution in [0.1, 0.15) is 106 Å². The van der Waals surface area contributed by atoms with Gasteiger partial charge < -0.3 is 9.84 Å². The maximum atomic E-state index is 14.3. The smallest absolute Gasteiger partial charge is 0.311 e. The molecule has 0 radical (unpaired) electrons. The summed E-state index contributed by atoms with van der Waals surface area (Å²) in [6.45, 7) is 16.2. The largest absolute Gasteiger partial charge is 0.469 e. The Morgan fingerprint density at radius 1 is 0.943 bits per heavy atom. The molecule has 5 rings (SSSR count). The summed E-state index contributed by atoms with van der Waals surface area (Å²) in [6.07, 6.45) is 10.5.